The fourth-order valence-corrected chi connectivity index (χ4v) is 3.56. The minimum absolute atomic E-state index is 0.0441. The molecule has 2 aromatic carbocycles. The van der Waals surface area contributed by atoms with Crippen LogP contribution in [0.5, 0.6) is 17.2 Å². The SMILES string of the molecule is COc1ccc(/C=C/C(=O)c2ccc3c(c2O)C=CC(C)(CCCC(C)C)O3)cc1. The van der Waals surface area contributed by atoms with E-state index in [1.54, 1.807) is 25.3 Å². The Morgan fingerprint density at radius 3 is 2.60 bits per heavy atom. The van der Waals surface area contributed by atoms with Gasteiger partial charge in [0.1, 0.15) is 22.8 Å². The van der Waals surface area contributed by atoms with Gasteiger partial charge in [0.05, 0.1) is 18.2 Å². The molecule has 0 saturated heterocycles. The van der Waals surface area contributed by atoms with Crippen molar-refractivity contribution in [3.05, 3.63) is 65.2 Å². The zero-order chi connectivity index (χ0) is 21.7. The number of allylic oxidation sites excluding steroid dienone is 1. The molecule has 2 aromatic rings. The maximum absolute atomic E-state index is 12.6. The van der Waals surface area contributed by atoms with Crippen molar-refractivity contribution in [2.45, 2.75) is 45.6 Å². The van der Waals surface area contributed by atoms with E-state index in [0.29, 0.717) is 17.2 Å². The molecule has 158 valence electrons. The molecule has 0 radical (unpaired) electrons. The van der Waals surface area contributed by atoms with Crippen LogP contribution in [0.25, 0.3) is 12.2 Å². The number of phenolic OH excluding ortho intramolecular Hbond substituents is 1. The molecule has 4 nitrogen and oxygen atoms in total. The highest BCUT2D eigenvalue weighted by atomic mass is 16.5. The zero-order valence-corrected chi connectivity index (χ0v) is 18.1. The molecule has 30 heavy (non-hydrogen) atoms. The Kier molecular flexibility index (Phi) is 6.66. The van der Waals surface area contributed by atoms with Crippen LogP contribution < -0.4 is 9.47 Å². The number of ketones is 1. The molecule has 0 spiro atoms. The average Bonchev–Trinajstić information content (AvgIpc) is 2.72. The van der Waals surface area contributed by atoms with Crippen LogP contribution in [0.3, 0.4) is 0 Å². The molecule has 3 rings (SSSR count). The van der Waals surface area contributed by atoms with Gasteiger partial charge in [0, 0.05) is 0 Å². The van der Waals surface area contributed by atoms with Crippen molar-refractivity contribution in [2.75, 3.05) is 7.11 Å². The molecule has 1 aliphatic rings. The zero-order valence-electron chi connectivity index (χ0n) is 18.1. The van der Waals surface area contributed by atoms with Crippen molar-refractivity contribution < 1.29 is 19.4 Å². The second-order valence-corrected chi connectivity index (χ2v) is 8.38. The highest BCUT2D eigenvalue weighted by Gasteiger charge is 2.29. The van der Waals surface area contributed by atoms with Crippen molar-refractivity contribution in [2.24, 2.45) is 5.92 Å². The van der Waals surface area contributed by atoms with Crippen LogP contribution in [-0.2, 0) is 0 Å². The Bertz CT molecular complexity index is 954. The minimum atomic E-state index is -0.395. The first kappa shape index (κ1) is 21.7. The molecule has 4 heteroatoms. The van der Waals surface area contributed by atoms with Crippen LogP contribution in [-0.4, -0.2) is 23.6 Å². The number of methoxy groups -OCH3 is 1. The van der Waals surface area contributed by atoms with E-state index in [9.17, 15) is 9.90 Å². The number of benzene rings is 2. The Morgan fingerprint density at radius 2 is 1.93 bits per heavy atom. The molecule has 1 N–H and O–H groups in total. The van der Waals surface area contributed by atoms with Crippen LogP contribution in [0.1, 0.15) is 61.5 Å². The number of ether oxygens (including phenoxy) is 2. The number of hydrogen-bond acceptors (Lipinski definition) is 4. The van der Waals surface area contributed by atoms with Gasteiger partial charge < -0.3 is 14.6 Å². The Balaban J connectivity index is 1.74. The van der Waals surface area contributed by atoms with Crippen molar-refractivity contribution in [1.29, 1.82) is 0 Å². The fourth-order valence-electron chi connectivity index (χ4n) is 3.56. The normalized spacial score (nSPS) is 17.8. The number of rotatable bonds is 8. The van der Waals surface area contributed by atoms with Gasteiger partial charge >= 0.3 is 0 Å². The summed E-state index contributed by atoms with van der Waals surface area (Å²) in [6, 6.07) is 10.8. The summed E-state index contributed by atoms with van der Waals surface area (Å²) in [5.74, 6) is 1.73. The first-order valence-corrected chi connectivity index (χ1v) is 10.4. The summed E-state index contributed by atoms with van der Waals surface area (Å²) in [5.41, 5.74) is 1.30. The summed E-state index contributed by atoms with van der Waals surface area (Å²) in [6.07, 6.45) is 10.2. The van der Waals surface area contributed by atoms with E-state index in [0.717, 1.165) is 30.6 Å². The predicted molar refractivity (Wildman–Crippen MR) is 121 cm³/mol. The van der Waals surface area contributed by atoms with Crippen molar-refractivity contribution in [1.82, 2.24) is 0 Å². The van der Waals surface area contributed by atoms with Gasteiger partial charge in [0.15, 0.2) is 5.78 Å². The lowest BCUT2D eigenvalue weighted by Crippen LogP contribution is -2.32. The third kappa shape index (κ3) is 5.12. The smallest absolute Gasteiger partial charge is 0.189 e. The predicted octanol–water partition coefficient (Wildman–Crippen LogP) is 6.29. The molecule has 0 bridgehead atoms. The van der Waals surface area contributed by atoms with Crippen LogP contribution in [0.2, 0.25) is 0 Å². The minimum Gasteiger partial charge on any atom is -0.506 e. The summed E-state index contributed by atoms with van der Waals surface area (Å²) < 4.78 is 11.3. The lowest BCUT2D eigenvalue weighted by molar-refractivity contribution is 0.104. The van der Waals surface area contributed by atoms with E-state index in [-0.39, 0.29) is 17.1 Å². The number of carbonyl (C=O) groups excluding carboxylic acids is 1. The molecule has 1 aliphatic heterocycles. The average molecular weight is 407 g/mol. The summed E-state index contributed by atoms with van der Waals surface area (Å²) in [6.45, 7) is 6.49. The number of carbonyl (C=O) groups is 1. The maximum atomic E-state index is 12.6. The van der Waals surface area contributed by atoms with E-state index in [4.69, 9.17) is 9.47 Å². The molecule has 1 unspecified atom stereocenters. The van der Waals surface area contributed by atoms with Crippen LogP contribution in [0, 0.1) is 5.92 Å². The monoisotopic (exact) mass is 406 g/mol. The van der Waals surface area contributed by atoms with Crippen LogP contribution in [0.4, 0.5) is 0 Å². The number of aromatic hydroxyl groups is 1. The highest BCUT2D eigenvalue weighted by Crippen LogP contribution is 2.40. The first-order valence-electron chi connectivity index (χ1n) is 10.4. The van der Waals surface area contributed by atoms with Gasteiger partial charge in [-0.1, -0.05) is 38.5 Å². The van der Waals surface area contributed by atoms with Gasteiger partial charge in [0.25, 0.3) is 0 Å². The Hall–Kier alpha value is -3.01. The van der Waals surface area contributed by atoms with E-state index < -0.39 is 5.60 Å². The molecule has 0 saturated carbocycles. The van der Waals surface area contributed by atoms with Crippen LogP contribution >= 0.6 is 0 Å². The van der Waals surface area contributed by atoms with Crippen LogP contribution in [0.15, 0.2) is 48.6 Å². The second-order valence-electron chi connectivity index (χ2n) is 8.38. The lowest BCUT2D eigenvalue weighted by atomic mass is 9.91. The van der Waals surface area contributed by atoms with Crippen molar-refractivity contribution in [3.8, 4) is 17.2 Å². The standard InChI is InChI=1S/C26H30O4/c1-18(2)6-5-16-26(3)17-15-22-24(30-26)14-12-21(25(22)28)23(27)13-9-19-7-10-20(29-4)11-8-19/h7-15,17-18,28H,5-6,16H2,1-4H3/b13-9+. The summed E-state index contributed by atoms with van der Waals surface area (Å²) in [5, 5.41) is 10.7. The maximum Gasteiger partial charge on any atom is 0.189 e. The molecule has 0 aliphatic carbocycles. The molecule has 1 heterocycles. The Labute approximate surface area is 178 Å². The summed E-state index contributed by atoms with van der Waals surface area (Å²) in [4.78, 5) is 12.6. The Morgan fingerprint density at radius 1 is 1.20 bits per heavy atom. The van der Waals surface area contributed by atoms with E-state index in [2.05, 4.69) is 20.8 Å². The fraction of sp³-hybridized carbons (Fsp3) is 0.346. The van der Waals surface area contributed by atoms with E-state index >= 15 is 0 Å². The van der Waals surface area contributed by atoms with Gasteiger partial charge in [0.2, 0.25) is 0 Å². The summed E-state index contributed by atoms with van der Waals surface area (Å²) in [7, 11) is 1.61. The van der Waals surface area contributed by atoms with Gasteiger partial charge in [-0.15, -0.1) is 0 Å². The topological polar surface area (TPSA) is 55.8 Å². The van der Waals surface area contributed by atoms with E-state index in [1.807, 2.05) is 36.4 Å². The second kappa shape index (κ2) is 9.21. The van der Waals surface area contributed by atoms with Gasteiger partial charge in [-0.2, -0.15) is 0 Å². The quantitative estimate of drug-likeness (QED) is 0.414. The molecular formula is C26H30O4. The third-order valence-electron chi connectivity index (χ3n) is 5.39. The van der Waals surface area contributed by atoms with Gasteiger partial charge in [-0.25, -0.2) is 0 Å². The van der Waals surface area contributed by atoms with Crippen molar-refractivity contribution >= 4 is 17.9 Å². The molecule has 1 atom stereocenters. The number of hydrogen-bond donors (Lipinski definition) is 1. The molecular weight excluding hydrogens is 376 g/mol. The lowest BCUT2D eigenvalue weighted by Gasteiger charge is -2.32. The van der Waals surface area contributed by atoms with Gasteiger partial charge in [-0.3, -0.25) is 4.79 Å². The van der Waals surface area contributed by atoms with Gasteiger partial charge in [-0.05, 0) is 73.7 Å². The van der Waals surface area contributed by atoms with E-state index in [1.165, 1.54) is 6.08 Å². The molecule has 0 fully saturated rings. The highest BCUT2D eigenvalue weighted by molar-refractivity contribution is 6.09. The molecule has 0 aromatic heterocycles. The number of phenols is 1. The third-order valence-corrected chi connectivity index (χ3v) is 5.39. The largest absolute Gasteiger partial charge is 0.506 e. The summed E-state index contributed by atoms with van der Waals surface area (Å²) >= 11 is 0. The number of fused-ring (bicyclic) bond motifs is 1. The first-order chi connectivity index (χ1) is 14.3. The van der Waals surface area contributed by atoms with Crippen molar-refractivity contribution in [3.63, 3.8) is 0 Å². The molecule has 0 amide bonds.